The average molecular weight is 216 g/mol. The van der Waals surface area contributed by atoms with Crippen LogP contribution in [-0.4, -0.2) is 24.3 Å². The molecular weight excluding hydrogens is 204 g/mol. The molecule has 78 valence electrons. The van der Waals surface area contributed by atoms with E-state index in [0.29, 0.717) is 13.2 Å². The third-order valence-electron chi connectivity index (χ3n) is 1.49. The maximum Gasteiger partial charge on any atom is 0.303 e. The fraction of sp³-hybridized carbons (Fsp3) is 0.444. The summed E-state index contributed by atoms with van der Waals surface area (Å²) in [6.45, 7) is 2.97. The number of ether oxygens (including phenoxy) is 2. The van der Waals surface area contributed by atoms with Crippen molar-refractivity contribution in [3.63, 3.8) is 0 Å². The molecule has 0 bridgehead atoms. The third-order valence-corrected chi connectivity index (χ3v) is 2.19. The van der Waals surface area contributed by atoms with Gasteiger partial charge in [0.05, 0.1) is 0 Å². The zero-order valence-electron chi connectivity index (χ0n) is 7.86. The number of rotatable bonds is 1. The highest BCUT2D eigenvalue weighted by Crippen LogP contribution is 2.33. The first-order chi connectivity index (χ1) is 6.74. The summed E-state index contributed by atoms with van der Waals surface area (Å²) in [6, 6.07) is 0. The van der Waals surface area contributed by atoms with Gasteiger partial charge in [0.15, 0.2) is 11.5 Å². The SMILES string of the molecule is CCC(=O)O.c1scc2c1OCCO2. The monoisotopic (exact) mass is 216 g/mol. The number of thiophene rings is 1. The highest BCUT2D eigenvalue weighted by molar-refractivity contribution is 7.08. The molecule has 1 aliphatic heterocycles. The number of fused-ring (bicyclic) bond motifs is 1. The Balaban J connectivity index is 0.000000171. The molecule has 4 nitrogen and oxygen atoms in total. The Morgan fingerprint density at radius 2 is 1.86 bits per heavy atom. The van der Waals surface area contributed by atoms with Crippen LogP contribution in [0.1, 0.15) is 13.3 Å². The topological polar surface area (TPSA) is 55.8 Å². The first kappa shape index (κ1) is 10.8. The minimum Gasteiger partial charge on any atom is -0.485 e. The molecule has 14 heavy (non-hydrogen) atoms. The van der Waals surface area contributed by atoms with Gasteiger partial charge in [0, 0.05) is 17.2 Å². The van der Waals surface area contributed by atoms with Crippen LogP contribution in [0.2, 0.25) is 0 Å². The lowest BCUT2D eigenvalue weighted by Crippen LogP contribution is -2.13. The Morgan fingerprint density at radius 3 is 2.21 bits per heavy atom. The van der Waals surface area contributed by atoms with E-state index in [1.54, 1.807) is 18.3 Å². The second-order valence-electron chi connectivity index (χ2n) is 2.54. The quantitative estimate of drug-likeness (QED) is 0.780. The zero-order chi connectivity index (χ0) is 10.4. The molecule has 0 radical (unpaired) electrons. The normalized spacial score (nSPS) is 12.6. The highest BCUT2D eigenvalue weighted by atomic mass is 32.1. The summed E-state index contributed by atoms with van der Waals surface area (Å²) in [6.07, 6.45) is 0.222. The molecule has 1 aliphatic rings. The second kappa shape index (κ2) is 5.49. The Bertz CT molecular complexity index is 274. The number of carbonyl (C=O) groups is 1. The van der Waals surface area contributed by atoms with Gasteiger partial charge in [0.1, 0.15) is 13.2 Å². The molecule has 0 saturated carbocycles. The molecule has 1 aromatic heterocycles. The van der Waals surface area contributed by atoms with Gasteiger partial charge in [-0.1, -0.05) is 6.92 Å². The van der Waals surface area contributed by atoms with Crippen molar-refractivity contribution < 1.29 is 19.4 Å². The molecule has 0 spiro atoms. The van der Waals surface area contributed by atoms with Crippen molar-refractivity contribution in [1.29, 1.82) is 0 Å². The number of aliphatic carboxylic acids is 1. The van der Waals surface area contributed by atoms with Gasteiger partial charge in [-0.2, -0.15) is 0 Å². The van der Waals surface area contributed by atoms with E-state index in [1.807, 2.05) is 10.8 Å². The molecule has 0 atom stereocenters. The Hall–Kier alpha value is -1.23. The van der Waals surface area contributed by atoms with Gasteiger partial charge in [-0.15, -0.1) is 11.3 Å². The van der Waals surface area contributed by atoms with Crippen LogP contribution in [0.5, 0.6) is 11.5 Å². The minimum absolute atomic E-state index is 0.222. The van der Waals surface area contributed by atoms with Crippen molar-refractivity contribution in [2.45, 2.75) is 13.3 Å². The molecule has 0 aliphatic carbocycles. The van der Waals surface area contributed by atoms with Crippen LogP contribution in [0, 0.1) is 0 Å². The fourth-order valence-electron chi connectivity index (χ4n) is 0.787. The van der Waals surface area contributed by atoms with Crippen LogP contribution in [0.3, 0.4) is 0 Å². The molecule has 0 saturated heterocycles. The van der Waals surface area contributed by atoms with E-state index in [4.69, 9.17) is 14.6 Å². The number of hydrogen-bond acceptors (Lipinski definition) is 4. The van der Waals surface area contributed by atoms with E-state index in [-0.39, 0.29) is 6.42 Å². The van der Waals surface area contributed by atoms with Crippen LogP contribution >= 0.6 is 11.3 Å². The average Bonchev–Trinajstić information content (AvgIpc) is 2.66. The number of carboxylic acid groups (broad SMARTS) is 1. The minimum atomic E-state index is -0.745. The fourth-order valence-corrected chi connectivity index (χ4v) is 1.47. The molecule has 0 aromatic carbocycles. The lowest BCUT2D eigenvalue weighted by Gasteiger charge is -2.13. The second-order valence-corrected chi connectivity index (χ2v) is 3.29. The van der Waals surface area contributed by atoms with Crippen molar-refractivity contribution in [3.8, 4) is 11.5 Å². The van der Waals surface area contributed by atoms with Crippen LogP contribution in [0.15, 0.2) is 10.8 Å². The van der Waals surface area contributed by atoms with Crippen LogP contribution < -0.4 is 9.47 Å². The van der Waals surface area contributed by atoms with Crippen LogP contribution in [0.4, 0.5) is 0 Å². The lowest BCUT2D eigenvalue weighted by atomic mass is 10.5. The van der Waals surface area contributed by atoms with E-state index in [1.165, 1.54) is 0 Å². The molecule has 1 aromatic rings. The van der Waals surface area contributed by atoms with Crippen LogP contribution in [0.25, 0.3) is 0 Å². The zero-order valence-corrected chi connectivity index (χ0v) is 8.67. The molecule has 2 rings (SSSR count). The molecule has 1 N–H and O–H groups in total. The van der Waals surface area contributed by atoms with Crippen LogP contribution in [-0.2, 0) is 4.79 Å². The molecule has 2 heterocycles. The van der Waals surface area contributed by atoms with Crippen molar-refractivity contribution in [3.05, 3.63) is 10.8 Å². The Morgan fingerprint density at radius 1 is 1.43 bits per heavy atom. The van der Waals surface area contributed by atoms with E-state index in [0.717, 1.165) is 11.5 Å². The van der Waals surface area contributed by atoms with E-state index >= 15 is 0 Å². The lowest BCUT2D eigenvalue weighted by molar-refractivity contribution is -0.136. The number of carboxylic acids is 1. The molecule has 0 unspecified atom stereocenters. The smallest absolute Gasteiger partial charge is 0.303 e. The molecule has 5 heteroatoms. The predicted molar refractivity (Wildman–Crippen MR) is 53.2 cm³/mol. The Kier molecular flexibility index (Phi) is 4.25. The van der Waals surface area contributed by atoms with Gasteiger partial charge >= 0.3 is 5.97 Å². The summed E-state index contributed by atoms with van der Waals surface area (Å²) in [5, 5.41) is 11.6. The van der Waals surface area contributed by atoms with E-state index < -0.39 is 5.97 Å². The van der Waals surface area contributed by atoms with Crippen molar-refractivity contribution in [2.24, 2.45) is 0 Å². The summed E-state index contributed by atoms with van der Waals surface area (Å²) in [5.41, 5.74) is 0. The highest BCUT2D eigenvalue weighted by Gasteiger charge is 2.10. The first-order valence-corrected chi connectivity index (χ1v) is 5.22. The molecular formula is C9H12O4S. The maximum absolute atomic E-state index is 9.37. The van der Waals surface area contributed by atoms with Crippen molar-refractivity contribution in [1.82, 2.24) is 0 Å². The van der Waals surface area contributed by atoms with Gasteiger partial charge in [0.2, 0.25) is 0 Å². The summed E-state index contributed by atoms with van der Waals surface area (Å²) >= 11 is 1.61. The standard InChI is InChI=1S/C6H6O2S.C3H6O2/c1-2-8-6-4-9-3-5(6)7-1;1-2-3(4)5/h3-4H,1-2H2;2H2,1H3,(H,4,5). The Labute approximate surface area is 86.1 Å². The summed E-state index contributed by atoms with van der Waals surface area (Å²) in [7, 11) is 0. The third kappa shape index (κ3) is 3.26. The largest absolute Gasteiger partial charge is 0.485 e. The molecule has 0 fully saturated rings. The summed E-state index contributed by atoms with van der Waals surface area (Å²) in [5.74, 6) is 1.04. The number of hydrogen-bond donors (Lipinski definition) is 1. The molecule has 0 amide bonds. The first-order valence-electron chi connectivity index (χ1n) is 4.27. The van der Waals surface area contributed by atoms with Crippen molar-refractivity contribution >= 4 is 17.3 Å². The van der Waals surface area contributed by atoms with Gasteiger partial charge < -0.3 is 14.6 Å². The van der Waals surface area contributed by atoms with Gasteiger partial charge in [-0.25, -0.2) is 0 Å². The van der Waals surface area contributed by atoms with Gasteiger partial charge in [-0.05, 0) is 0 Å². The summed E-state index contributed by atoms with van der Waals surface area (Å²) in [4.78, 5) is 9.37. The van der Waals surface area contributed by atoms with E-state index in [9.17, 15) is 4.79 Å². The summed E-state index contributed by atoms with van der Waals surface area (Å²) < 4.78 is 10.5. The van der Waals surface area contributed by atoms with Gasteiger partial charge in [0.25, 0.3) is 0 Å². The predicted octanol–water partition coefficient (Wildman–Crippen LogP) is 2.00. The van der Waals surface area contributed by atoms with E-state index in [2.05, 4.69) is 0 Å². The van der Waals surface area contributed by atoms with Gasteiger partial charge in [-0.3, -0.25) is 4.79 Å². The van der Waals surface area contributed by atoms with Crippen molar-refractivity contribution in [2.75, 3.05) is 13.2 Å². The maximum atomic E-state index is 9.37.